The van der Waals surface area contributed by atoms with E-state index in [0.29, 0.717) is 17.7 Å². The number of hydrogen-bond acceptors (Lipinski definition) is 3. The molecule has 1 aliphatic heterocycles. The molecular weight excluding hydrogens is 346 g/mol. The van der Waals surface area contributed by atoms with Crippen LogP contribution in [-0.2, 0) is 14.6 Å². The highest BCUT2D eigenvalue weighted by molar-refractivity contribution is 7.92. The summed E-state index contributed by atoms with van der Waals surface area (Å²) >= 11 is 0. The van der Waals surface area contributed by atoms with Crippen LogP contribution in [0.3, 0.4) is 0 Å². The van der Waals surface area contributed by atoms with Crippen molar-refractivity contribution in [2.24, 2.45) is 11.3 Å². The zero-order valence-corrected chi connectivity index (χ0v) is 16.3. The number of carbonyl (C=O) groups excluding carboxylic acids is 1. The smallest absolute Gasteiger partial charge is 0.222 e. The third-order valence-corrected chi connectivity index (χ3v) is 9.29. The molecule has 0 radical (unpaired) electrons. The van der Waals surface area contributed by atoms with Gasteiger partial charge in [-0.3, -0.25) is 4.79 Å². The van der Waals surface area contributed by atoms with E-state index < -0.39 is 9.84 Å². The van der Waals surface area contributed by atoms with E-state index in [0.717, 1.165) is 25.7 Å². The Morgan fingerprint density at radius 2 is 1.85 bits per heavy atom. The third kappa shape index (κ3) is 2.55. The molecule has 4 rings (SSSR count). The summed E-state index contributed by atoms with van der Waals surface area (Å²) in [5, 5.41) is -0.342. The minimum Gasteiger partial charge on any atom is -0.342 e. The Bertz CT molecular complexity index is 845. The van der Waals surface area contributed by atoms with Crippen LogP contribution in [0, 0.1) is 11.3 Å². The average Bonchev–Trinajstić information content (AvgIpc) is 2.65. The van der Waals surface area contributed by atoms with Crippen molar-refractivity contribution < 1.29 is 13.2 Å². The first-order valence-corrected chi connectivity index (χ1v) is 11.2. The first kappa shape index (κ1) is 17.8. The highest BCUT2D eigenvalue weighted by Crippen LogP contribution is 2.55. The second-order valence-corrected chi connectivity index (χ2v) is 10.4. The molecule has 1 heterocycles. The van der Waals surface area contributed by atoms with Gasteiger partial charge < -0.3 is 4.90 Å². The molecule has 4 atom stereocenters. The van der Waals surface area contributed by atoms with E-state index in [9.17, 15) is 13.2 Å². The average molecular weight is 374 g/mol. The van der Waals surface area contributed by atoms with E-state index in [4.69, 9.17) is 0 Å². The second kappa shape index (κ2) is 6.22. The minimum absolute atomic E-state index is 0.0804. The summed E-state index contributed by atoms with van der Waals surface area (Å²) in [6, 6.07) is 9.08. The Hall–Kier alpha value is -1.62. The maximum atomic E-state index is 13.3. The predicted molar refractivity (Wildman–Crippen MR) is 101 cm³/mol. The van der Waals surface area contributed by atoms with E-state index in [1.54, 1.807) is 24.3 Å². The van der Waals surface area contributed by atoms with Gasteiger partial charge in [-0.1, -0.05) is 36.8 Å². The lowest BCUT2D eigenvalue weighted by atomic mass is 9.57. The van der Waals surface area contributed by atoms with E-state index in [-0.39, 0.29) is 28.5 Å². The summed E-state index contributed by atoms with van der Waals surface area (Å²) in [5.41, 5.74) is 1.21. The van der Waals surface area contributed by atoms with Gasteiger partial charge in [-0.2, -0.15) is 0 Å². The predicted octanol–water partition coefficient (Wildman–Crippen LogP) is 3.59. The number of benzene rings is 1. The first-order valence-electron chi connectivity index (χ1n) is 9.61. The SMILES string of the molecule is CN1C(=O)CC[C@]2(C)C3=CCCC(S(=O)(=O)c4ccccc4)C3CCC12. The summed E-state index contributed by atoms with van der Waals surface area (Å²) in [5.74, 6) is 0.299. The van der Waals surface area contributed by atoms with E-state index in [1.807, 2.05) is 18.0 Å². The van der Waals surface area contributed by atoms with Crippen LogP contribution in [0.5, 0.6) is 0 Å². The number of allylic oxidation sites excluding steroid dienone is 1. The second-order valence-electron chi connectivity index (χ2n) is 8.26. The number of likely N-dealkylation sites (tertiary alicyclic amines) is 1. The highest BCUT2D eigenvalue weighted by Gasteiger charge is 2.53. The molecule has 3 unspecified atom stereocenters. The van der Waals surface area contributed by atoms with Gasteiger partial charge in [0.05, 0.1) is 10.1 Å². The quantitative estimate of drug-likeness (QED) is 0.745. The minimum atomic E-state index is -3.34. The van der Waals surface area contributed by atoms with Gasteiger partial charge in [-0.05, 0) is 50.2 Å². The van der Waals surface area contributed by atoms with Crippen molar-refractivity contribution in [3.8, 4) is 0 Å². The van der Waals surface area contributed by atoms with Crippen molar-refractivity contribution in [3.05, 3.63) is 42.0 Å². The summed E-state index contributed by atoms with van der Waals surface area (Å²) in [7, 11) is -1.43. The molecule has 3 aliphatic rings. The molecule has 1 aromatic carbocycles. The number of rotatable bonds is 2. The topological polar surface area (TPSA) is 54.5 Å². The molecule has 140 valence electrons. The Labute approximate surface area is 156 Å². The van der Waals surface area contributed by atoms with Crippen molar-refractivity contribution >= 4 is 15.7 Å². The van der Waals surface area contributed by atoms with Gasteiger partial charge in [0.2, 0.25) is 5.91 Å². The molecule has 2 fully saturated rings. The number of sulfone groups is 1. The Kier molecular flexibility index (Phi) is 4.25. The normalized spacial score (nSPS) is 34.7. The van der Waals surface area contributed by atoms with Crippen LogP contribution in [-0.4, -0.2) is 37.6 Å². The van der Waals surface area contributed by atoms with Crippen molar-refractivity contribution in [2.45, 2.75) is 61.6 Å². The molecule has 0 aromatic heterocycles. The van der Waals surface area contributed by atoms with Crippen LogP contribution >= 0.6 is 0 Å². The van der Waals surface area contributed by atoms with Crippen molar-refractivity contribution in [1.82, 2.24) is 4.90 Å². The molecule has 5 heteroatoms. The van der Waals surface area contributed by atoms with Crippen LogP contribution in [0.4, 0.5) is 0 Å². The number of hydrogen-bond donors (Lipinski definition) is 0. The van der Waals surface area contributed by atoms with Gasteiger partial charge in [-0.25, -0.2) is 8.42 Å². The fraction of sp³-hybridized carbons (Fsp3) is 0.571. The standard InChI is InChI=1S/C21H27NO3S/c1-21-14-13-20(23)22(2)19(21)12-11-16-17(21)9-6-10-18(16)26(24,25)15-7-4-3-5-8-15/h3-5,7-9,16,18-19H,6,10-14H2,1-2H3/t16?,18?,19?,21-/m1/s1. The lowest BCUT2D eigenvalue weighted by molar-refractivity contribution is -0.140. The Morgan fingerprint density at radius 3 is 2.58 bits per heavy atom. The van der Waals surface area contributed by atoms with Gasteiger partial charge in [0, 0.05) is 24.9 Å². The molecule has 4 nitrogen and oxygen atoms in total. The molecule has 0 N–H and O–H groups in total. The van der Waals surface area contributed by atoms with E-state index in [1.165, 1.54) is 5.57 Å². The largest absolute Gasteiger partial charge is 0.342 e. The molecule has 2 aliphatic carbocycles. The highest BCUT2D eigenvalue weighted by atomic mass is 32.2. The van der Waals surface area contributed by atoms with Crippen LogP contribution < -0.4 is 0 Å². The van der Waals surface area contributed by atoms with Gasteiger partial charge >= 0.3 is 0 Å². The van der Waals surface area contributed by atoms with E-state index >= 15 is 0 Å². The zero-order valence-electron chi connectivity index (χ0n) is 15.5. The van der Waals surface area contributed by atoms with E-state index in [2.05, 4.69) is 13.0 Å². The molecular formula is C21H27NO3S. The van der Waals surface area contributed by atoms with Gasteiger partial charge in [0.25, 0.3) is 0 Å². The van der Waals surface area contributed by atoms with Gasteiger partial charge in [0.1, 0.15) is 0 Å². The van der Waals surface area contributed by atoms with Crippen LogP contribution in [0.15, 0.2) is 46.9 Å². The molecule has 0 bridgehead atoms. The summed E-state index contributed by atoms with van der Waals surface area (Å²) < 4.78 is 26.7. The lowest BCUT2D eigenvalue weighted by Gasteiger charge is -2.55. The van der Waals surface area contributed by atoms with Crippen molar-refractivity contribution in [3.63, 3.8) is 0 Å². The van der Waals surface area contributed by atoms with Crippen LogP contribution in [0.2, 0.25) is 0 Å². The maximum Gasteiger partial charge on any atom is 0.222 e. The fourth-order valence-corrected chi connectivity index (χ4v) is 7.66. The first-order chi connectivity index (χ1) is 12.4. The number of fused-ring (bicyclic) bond motifs is 3. The number of piperidine rings is 1. The monoisotopic (exact) mass is 373 g/mol. The number of amides is 1. The third-order valence-electron chi connectivity index (χ3n) is 7.00. The van der Waals surface area contributed by atoms with Gasteiger partial charge in [0.15, 0.2) is 9.84 Å². The summed E-state index contributed by atoms with van der Waals surface area (Å²) in [4.78, 5) is 14.5. The zero-order chi connectivity index (χ0) is 18.5. The molecule has 1 amide bonds. The summed E-state index contributed by atoms with van der Waals surface area (Å²) in [6.07, 6.45) is 6.92. The van der Waals surface area contributed by atoms with Crippen LogP contribution in [0.1, 0.15) is 45.4 Å². The van der Waals surface area contributed by atoms with Crippen LogP contribution in [0.25, 0.3) is 0 Å². The molecule has 0 spiro atoms. The maximum absolute atomic E-state index is 13.3. The summed E-state index contributed by atoms with van der Waals surface area (Å²) in [6.45, 7) is 2.25. The molecule has 1 aromatic rings. The van der Waals surface area contributed by atoms with Gasteiger partial charge in [-0.15, -0.1) is 0 Å². The Morgan fingerprint density at radius 1 is 1.12 bits per heavy atom. The molecule has 1 saturated heterocycles. The number of carbonyl (C=O) groups is 1. The fourth-order valence-electron chi connectivity index (χ4n) is 5.61. The molecule has 26 heavy (non-hydrogen) atoms. The molecule has 1 saturated carbocycles. The lowest BCUT2D eigenvalue weighted by Crippen LogP contribution is -2.57. The number of nitrogens with zero attached hydrogens (tertiary/aromatic N) is 1. The Balaban J connectivity index is 1.71. The van der Waals surface area contributed by atoms with Crippen molar-refractivity contribution in [2.75, 3.05) is 7.05 Å². The van der Waals surface area contributed by atoms with Crippen molar-refractivity contribution in [1.29, 1.82) is 0 Å².